The van der Waals surface area contributed by atoms with Crippen LogP contribution in [0.1, 0.15) is 243 Å². The van der Waals surface area contributed by atoms with Crippen molar-refractivity contribution in [1.82, 2.24) is 47.5 Å². The molecule has 13 N–H and O–H groups in total. The lowest BCUT2D eigenvalue weighted by atomic mass is 9.92. The van der Waals surface area contributed by atoms with Gasteiger partial charge in [0.1, 0.15) is 0 Å². The third-order valence-electron chi connectivity index (χ3n) is 16.3. The Morgan fingerprint density at radius 2 is 0.710 bits per heavy atom. The molecular formula is C81H145N11O8. The van der Waals surface area contributed by atoms with Crippen molar-refractivity contribution in [3.63, 3.8) is 0 Å². The second kappa shape index (κ2) is 51.2. The van der Waals surface area contributed by atoms with Crippen LogP contribution in [0.2, 0.25) is 0 Å². The van der Waals surface area contributed by atoms with Crippen LogP contribution in [-0.4, -0.2) is 137 Å². The number of hydrogen-bond acceptors (Lipinski definition) is 14. The number of carbonyl (C=O) groups is 8. The predicted molar refractivity (Wildman–Crippen MR) is 419 cm³/mol. The first-order chi connectivity index (χ1) is 46.4. The van der Waals surface area contributed by atoms with Crippen molar-refractivity contribution in [3.05, 3.63) is 77.5 Å². The molecule has 6 atom stereocenters. The number of ketones is 6. The summed E-state index contributed by atoms with van der Waals surface area (Å²) in [7, 11) is 0. The maximum Gasteiger partial charge on any atom is 0.312 e. The second-order valence-electron chi connectivity index (χ2n) is 31.1. The first-order valence-electron chi connectivity index (χ1n) is 37.6. The number of carbonyl (C=O) groups excluding carboxylic acids is 8. The molecule has 0 fully saturated rings. The van der Waals surface area contributed by atoms with Crippen LogP contribution in [0.3, 0.4) is 0 Å². The molecule has 572 valence electrons. The van der Waals surface area contributed by atoms with Crippen LogP contribution in [0, 0.1) is 47.3 Å². The zero-order valence-electron chi connectivity index (χ0n) is 67.6. The van der Waals surface area contributed by atoms with E-state index in [4.69, 9.17) is 11.5 Å². The first-order valence-corrected chi connectivity index (χ1v) is 37.6. The fourth-order valence-electron chi connectivity index (χ4n) is 11.3. The van der Waals surface area contributed by atoms with Gasteiger partial charge in [-0.1, -0.05) is 242 Å². The minimum atomic E-state index is -0.520. The number of H-pyrrole nitrogens is 1. The lowest BCUT2D eigenvalue weighted by Crippen LogP contribution is -2.46. The molecule has 1 aliphatic rings. The summed E-state index contributed by atoms with van der Waals surface area (Å²) in [6, 6.07) is 17.2. The van der Waals surface area contributed by atoms with Crippen molar-refractivity contribution < 1.29 is 38.4 Å². The molecular weight excluding hydrogens is 1250 g/mol. The van der Waals surface area contributed by atoms with E-state index in [9.17, 15) is 38.4 Å². The topological polar surface area (TPSA) is 301 Å². The summed E-state index contributed by atoms with van der Waals surface area (Å²) in [5, 5.41) is 26.2. The average molecular weight is 1400 g/mol. The van der Waals surface area contributed by atoms with Crippen LogP contribution >= 0.6 is 0 Å². The summed E-state index contributed by atoms with van der Waals surface area (Å²) in [6.07, 6.45) is 9.74. The molecule has 0 saturated carbocycles. The minimum Gasteiger partial charge on any atom is -0.361 e. The minimum absolute atomic E-state index is 0.0139. The fraction of sp³-hybridized carbons (Fsp3) is 0.704. The third kappa shape index (κ3) is 41.2. The highest BCUT2D eigenvalue weighted by molar-refractivity contribution is 5.90. The molecule has 0 radical (unpaired) electrons. The Bertz CT molecular complexity index is 2780. The van der Waals surface area contributed by atoms with E-state index in [1.807, 2.05) is 129 Å². The number of primary amides is 2. The van der Waals surface area contributed by atoms with Crippen LogP contribution in [0.4, 0.5) is 9.59 Å². The summed E-state index contributed by atoms with van der Waals surface area (Å²) in [5.41, 5.74) is 16.3. The van der Waals surface area contributed by atoms with Crippen LogP contribution in [-0.2, 0) is 41.6 Å². The summed E-state index contributed by atoms with van der Waals surface area (Å²) in [6.45, 7) is 57.4. The van der Waals surface area contributed by atoms with Gasteiger partial charge in [0.05, 0.1) is 36.3 Å². The highest BCUT2D eigenvalue weighted by atomic mass is 16.2. The monoisotopic (exact) mass is 1400 g/mol. The highest BCUT2D eigenvalue weighted by Gasteiger charge is 2.29. The number of aromatic nitrogens is 1. The zero-order valence-corrected chi connectivity index (χ0v) is 67.6. The molecule has 2 aromatic carbocycles. The van der Waals surface area contributed by atoms with Crippen molar-refractivity contribution in [2.45, 2.75) is 311 Å². The van der Waals surface area contributed by atoms with E-state index in [1.165, 1.54) is 27.6 Å². The summed E-state index contributed by atoms with van der Waals surface area (Å²) in [4.78, 5) is 96.4. The molecule has 100 heavy (non-hydrogen) atoms. The smallest absolute Gasteiger partial charge is 0.312 e. The van der Waals surface area contributed by atoms with Crippen molar-refractivity contribution in [2.75, 3.05) is 13.1 Å². The number of aromatic amines is 1. The van der Waals surface area contributed by atoms with E-state index in [1.54, 1.807) is 0 Å². The van der Waals surface area contributed by atoms with Gasteiger partial charge in [-0.3, -0.25) is 28.8 Å². The third-order valence-corrected chi connectivity index (χ3v) is 16.3. The molecule has 19 nitrogen and oxygen atoms in total. The molecule has 4 amide bonds. The number of amides is 4. The van der Waals surface area contributed by atoms with E-state index in [2.05, 4.69) is 173 Å². The fourth-order valence-corrected chi connectivity index (χ4v) is 11.3. The number of nitrogens with one attached hydrogen (secondary N) is 9. The number of hydrogen-bond donors (Lipinski definition) is 11. The Balaban J connectivity index is 0. The van der Waals surface area contributed by atoms with E-state index >= 15 is 0 Å². The Morgan fingerprint density at radius 1 is 0.390 bits per heavy atom. The molecule has 0 aliphatic heterocycles. The van der Waals surface area contributed by atoms with Gasteiger partial charge in [-0.15, -0.1) is 0 Å². The molecule has 1 aliphatic carbocycles. The normalized spacial score (nSPS) is 13.8. The number of urea groups is 2. The number of para-hydroxylation sites is 1. The molecule has 0 spiro atoms. The van der Waals surface area contributed by atoms with E-state index in [-0.39, 0.29) is 101 Å². The molecule has 4 rings (SSSR count). The largest absolute Gasteiger partial charge is 0.361 e. The number of benzene rings is 2. The van der Waals surface area contributed by atoms with Crippen molar-refractivity contribution >= 4 is 63.2 Å². The maximum absolute atomic E-state index is 12.4. The van der Waals surface area contributed by atoms with Gasteiger partial charge in [0.25, 0.3) is 0 Å². The van der Waals surface area contributed by atoms with Gasteiger partial charge in [-0.05, 0) is 85.1 Å². The van der Waals surface area contributed by atoms with Gasteiger partial charge in [0.15, 0.2) is 34.7 Å². The molecule has 0 unspecified atom stereocenters. The lowest BCUT2D eigenvalue weighted by molar-refractivity contribution is -0.125. The predicted octanol–water partition coefficient (Wildman–Crippen LogP) is 13.4. The number of Topliss-reactive ketones (excluding diaryl/α,β-unsaturated/α-hetero) is 6. The maximum atomic E-state index is 12.4. The van der Waals surface area contributed by atoms with E-state index in [0.29, 0.717) is 66.4 Å². The van der Waals surface area contributed by atoms with Crippen LogP contribution < -0.4 is 54.0 Å². The Kier molecular flexibility index (Phi) is 49.2. The van der Waals surface area contributed by atoms with Crippen LogP contribution in [0.25, 0.3) is 16.5 Å². The standard InChI is InChI=1S/C18H25NO.C17H24N2O.2C12H25N3O2.2C11H23NO/c1-12(2)18(20)17(19-13(3)4)11-15-10-9-14-7-5-6-8-16(14)15;1-11(2)17(20)16(19-12(3)4)9-13-10-18-15-8-6-5-7-14(13)15;2*1-8(2)11(16)10(15-9(3)4)6-5-7-14-12(13)17;2*1-7(2)10(12-9(5)6)11(13)8(3)4/h5-8,10,12-13,17,19H,9,11H2,1-4H3;5-8,10-12,16,18-19H,9H2,1-4H3;2*8-10,15H,5-7H2,1-4H3,(H3,13,14,17);2*7-10,12H,1-6H3/t17-;16-;4*10-/m000000/s1. The molecule has 3 aromatic rings. The lowest BCUT2D eigenvalue weighted by Gasteiger charge is -2.25. The van der Waals surface area contributed by atoms with Gasteiger partial charge in [0.2, 0.25) is 0 Å². The van der Waals surface area contributed by atoms with Gasteiger partial charge in [-0.25, -0.2) is 9.59 Å². The summed E-state index contributed by atoms with van der Waals surface area (Å²) < 4.78 is 0. The van der Waals surface area contributed by atoms with Gasteiger partial charge >= 0.3 is 12.1 Å². The van der Waals surface area contributed by atoms with Crippen molar-refractivity contribution in [2.24, 2.45) is 58.8 Å². The highest BCUT2D eigenvalue weighted by Crippen LogP contribution is 2.31. The zero-order chi connectivity index (χ0) is 77.4. The molecule has 1 aromatic heterocycles. The first kappa shape index (κ1) is 96.1. The molecule has 19 heteroatoms. The quantitative estimate of drug-likeness (QED) is 0.0238. The number of rotatable bonds is 38. The average Bonchev–Trinajstić information content (AvgIpc) is 1.68. The SMILES string of the molecule is CC(C)N[C@@H](CC1=CCc2ccccc21)C(=O)C(C)C.CC(C)N[C@@H](CCCNC(N)=O)C(=O)C(C)C.CC(C)N[C@@H](CCCNC(N)=O)C(=O)C(C)C.CC(C)N[C@@H](Cc1c[nH]c2ccccc12)C(=O)C(C)C.CC(C)N[C@H](C(=O)C(C)C)C(C)C.CC(C)N[C@H](C(=O)C(C)C)C(C)C. The Labute approximate surface area is 607 Å². The van der Waals surface area contributed by atoms with Gasteiger partial charge < -0.3 is 59.0 Å². The second-order valence-corrected chi connectivity index (χ2v) is 31.1. The number of fused-ring (bicyclic) bond motifs is 2. The Morgan fingerprint density at radius 3 is 1.05 bits per heavy atom. The van der Waals surface area contributed by atoms with Crippen molar-refractivity contribution in [3.8, 4) is 0 Å². The van der Waals surface area contributed by atoms with Crippen molar-refractivity contribution in [1.29, 1.82) is 0 Å². The van der Waals surface area contributed by atoms with Gasteiger partial charge in [-0.2, -0.15) is 0 Å². The van der Waals surface area contributed by atoms with Gasteiger partial charge in [0, 0.05) is 102 Å². The molecule has 1 heterocycles. The van der Waals surface area contributed by atoms with E-state index < -0.39 is 12.1 Å². The van der Waals surface area contributed by atoms with E-state index in [0.717, 1.165) is 50.5 Å². The summed E-state index contributed by atoms with van der Waals surface area (Å²) in [5.74, 6) is 2.84. The summed E-state index contributed by atoms with van der Waals surface area (Å²) >= 11 is 0. The number of nitrogens with two attached hydrogens (primary N) is 2. The Hall–Kier alpha value is -5.96. The van der Waals surface area contributed by atoms with Crippen LogP contribution in [0.5, 0.6) is 0 Å². The number of allylic oxidation sites excluding steroid dienone is 1. The molecule has 0 bridgehead atoms. The van der Waals surface area contributed by atoms with Crippen LogP contribution in [0.15, 0.2) is 60.8 Å². The molecule has 0 saturated heterocycles.